The predicted octanol–water partition coefficient (Wildman–Crippen LogP) is 0.962. The smallest absolute Gasteiger partial charge is 0.408 e. The largest absolute Gasteiger partial charge is 0.419 e. The third-order valence-corrected chi connectivity index (χ3v) is 5.09. The Bertz CT molecular complexity index is 812. The molecule has 0 saturated heterocycles. The molecule has 1 N–H and O–H groups in total. The van der Waals surface area contributed by atoms with E-state index in [1.807, 2.05) is 6.92 Å². The van der Waals surface area contributed by atoms with Crippen molar-refractivity contribution in [2.24, 2.45) is 7.05 Å². The van der Waals surface area contributed by atoms with E-state index in [9.17, 15) is 13.2 Å². The molecule has 0 spiro atoms. The van der Waals surface area contributed by atoms with Crippen LogP contribution in [0.4, 0.5) is 0 Å². The summed E-state index contributed by atoms with van der Waals surface area (Å²) in [6.07, 6.45) is 1.68. The van der Waals surface area contributed by atoms with E-state index in [1.165, 1.54) is 16.7 Å². The summed E-state index contributed by atoms with van der Waals surface area (Å²) in [6.45, 7) is 1.87. The maximum absolute atomic E-state index is 12.2. The number of benzene rings is 1. The highest BCUT2D eigenvalue weighted by Gasteiger charge is 2.41. The lowest BCUT2D eigenvalue weighted by Crippen LogP contribution is -2.34. The average Bonchev–Trinajstić information content (AvgIpc) is 2.96. The van der Waals surface area contributed by atoms with E-state index in [-0.39, 0.29) is 16.0 Å². The molecule has 0 radical (unpaired) electrons. The first-order valence-electron chi connectivity index (χ1n) is 5.94. The third kappa shape index (κ3) is 2.08. The fourth-order valence-corrected chi connectivity index (χ4v) is 3.43. The first-order chi connectivity index (χ1) is 8.81. The quantitative estimate of drug-likeness (QED) is 0.909. The van der Waals surface area contributed by atoms with Crippen molar-refractivity contribution in [2.75, 3.05) is 0 Å². The highest BCUT2D eigenvalue weighted by Crippen LogP contribution is 2.36. The fraction of sp³-hybridized carbons (Fsp3) is 0.417. The Balaban J connectivity index is 2.08. The van der Waals surface area contributed by atoms with Crippen molar-refractivity contribution >= 4 is 21.1 Å². The number of nitrogens with zero attached hydrogens (tertiary/aromatic N) is 1. The molecule has 2 aromatic rings. The SMILES string of the molecule is Cn1c(=O)oc2cc(S(=O)(=O)NC3(C)CC3)ccc21. The maximum atomic E-state index is 12.2. The molecule has 0 aliphatic heterocycles. The number of fused-ring (bicyclic) bond motifs is 1. The van der Waals surface area contributed by atoms with E-state index >= 15 is 0 Å². The highest BCUT2D eigenvalue weighted by molar-refractivity contribution is 7.89. The van der Waals surface area contributed by atoms with E-state index < -0.39 is 15.8 Å². The van der Waals surface area contributed by atoms with Gasteiger partial charge in [0.05, 0.1) is 10.4 Å². The molecule has 1 fully saturated rings. The molecule has 1 aliphatic carbocycles. The topological polar surface area (TPSA) is 81.3 Å². The molecule has 0 bridgehead atoms. The van der Waals surface area contributed by atoms with Crippen LogP contribution in [0.1, 0.15) is 19.8 Å². The van der Waals surface area contributed by atoms with E-state index in [0.29, 0.717) is 5.52 Å². The molecule has 1 heterocycles. The summed E-state index contributed by atoms with van der Waals surface area (Å²) in [5.74, 6) is -0.508. The minimum atomic E-state index is -3.57. The molecular formula is C12H14N2O4S. The van der Waals surface area contributed by atoms with Gasteiger partial charge in [-0.3, -0.25) is 4.57 Å². The standard InChI is InChI=1S/C12H14N2O4S/c1-12(5-6-12)13-19(16,17)8-3-4-9-10(7-8)18-11(15)14(9)2/h3-4,7,13H,5-6H2,1-2H3. The van der Waals surface area contributed by atoms with Crippen molar-refractivity contribution in [3.8, 4) is 0 Å². The number of oxazole rings is 1. The molecule has 1 aliphatic rings. The van der Waals surface area contributed by atoms with Crippen LogP contribution in [-0.2, 0) is 17.1 Å². The van der Waals surface area contributed by atoms with E-state index in [2.05, 4.69) is 4.72 Å². The molecule has 1 aromatic heterocycles. The van der Waals surface area contributed by atoms with Gasteiger partial charge >= 0.3 is 5.76 Å². The molecule has 102 valence electrons. The Kier molecular flexibility index (Phi) is 2.42. The monoisotopic (exact) mass is 282 g/mol. The van der Waals surface area contributed by atoms with Crippen molar-refractivity contribution in [3.63, 3.8) is 0 Å². The Morgan fingerprint density at radius 3 is 2.68 bits per heavy atom. The van der Waals surface area contributed by atoms with Crippen molar-refractivity contribution < 1.29 is 12.8 Å². The zero-order valence-corrected chi connectivity index (χ0v) is 11.5. The van der Waals surface area contributed by atoms with Crippen LogP contribution in [0.3, 0.4) is 0 Å². The van der Waals surface area contributed by atoms with Crippen LogP contribution in [0, 0.1) is 0 Å². The van der Waals surface area contributed by atoms with Crippen molar-refractivity contribution in [3.05, 3.63) is 28.7 Å². The number of nitrogens with one attached hydrogen (secondary N) is 1. The summed E-state index contributed by atoms with van der Waals surface area (Å²) in [4.78, 5) is 11.5. The lowest BCUT2D eigenvalue weighted by atomic mass is 10.3. The molecule has 0 amide bonds. The van der Waals surface area contributed by atoms with Crippen LogP contribution in [0.5, 0.6) is 0 Å². The summed E-state index contributed by atoms with van der Waals surface area (Å²) in [6, 6.07) is 4.43. The van der Waals surface area contributed by atoms with Gasteiger partial charge in [0.15, 0.2) is 5.58 Å². The Morgan fingerprint density at radius 1 is 1.37 bits per heavy atom. The maximum Gasteiger partial charge on any atom is 0.419 e. The second-order valence-electron chi connectivity index (χ2n) is 5.22. The van der Waals surface area contributed by atoms with Crippen LogP contribution in [0.15, 0.2) is 32.3 Å². The Hall–Kier alpha value is -1.60. The summed E-state index contributed by atoms with van der Waals surface area (Å²) >= 11 is 0. The fourth-order valence-electron chi connectivity index (χ4n) is 1.95. The van der Waals surface area contributed by atoms with Gasteiger partial charge in [0.2, 0.25) is 10.0 Å². The minimum absolute atomic E-state index is 0.113. The molecule has 6 nitrogen and oxygen atoms in total. The van der Waals surface area contributed by atoms with Crippen LogP contribution in [-0.4, -0.2) is 18.5 Å². The zero-order valence-electron chi connectivity index (χ0n) is 10.6. The van der Waals surface area contributed by atoms with E-state index in [4.69, 9.17) is 4.42 Å². The van der Waals surface area contributed by atoms with Crippen molar-refractivity contribution in [1.82, 2.24) is 9.29 Å². The normalized spacial score (nSPS) is 17.8. The average molecular weight is 282 g/mol. The van der Waals surface area contributed by atoms with Crippen LogP contribution >= 0.6 is 0 Å². The number of rotatable bonds is 3. The van der Waals surface area contributed by atoms with Gasteiger partial charge in [-0.25, -0.2) is 17.9 Å². The van der Waals surface area contributed by atoms with Gasteiger partial charge in [-0.15, -0.1) is 0 Å². The summed E-state index contributed by atoms with van der Waals surface area (Å²) < 4.78 is 33.4. The Labute approximate surface area is 110 Å². The van der Waals surface area contributed by atoms with Crippen LogP contribution < -0.4 is 10.5 Å². The predicted molar refractivity (Wildman–Crippen MR) is 69.4 cm³/mol. The second-order valence-corrected chi connectivity index (χ2v) is 6.91. The summed E-state index contributed by atoms with van der Waals surface area (Å²) in [5.41, 5.74) is 0.517. The summed E-state index contributed by atoms with van der Waals surface area (Å²) in [5, 5.41) is 0. The molecule has 7 heteroatoms. The minimum Gasteiger partial charge on any atom is -0.408 e. The van der Waals surface area contributed by atoms with Crippen LogP contribution in [0.25, 0.3) is 11.1 Å². The van der Waals surface area contributed by atoms with E-state index in [0.717, 1.165) is 12.8 Å². The molecular weight excluding hydrogens is 268 g/mol. The highest BCUT2D eigenvalue weighted by atomic mass is 32.2. The van der Waals surface area contributed by atoms with Gasteiger partial charge in [0.1, 0.15) is 0 Å². The number of hydrogen-bond acceptors (Lipinski definition) is 4. The second kappa shape index (κ2) is 3.71. The van der Waals surface area contributed by atoms with Crippen LogP contribution in [0.2, 0.25) is 0 Å². The van der Waals surface area contributed by atoms with Gasteiger partial charge in [-0.1, -0.05) is 0 Å². The third-order valence-electron chi connectivity index (χ3n) is 3.45. The van der Waals surface area contributed by atoms with Gasteiger partial charge in [-0.05, 0) is 31.9 Å². The first kappa shape index (κ1) is 12.4. The number of hydrogen-bond donors (Lipinski definition) is 1. The number of aromatic nitrogens is 1. The molecule has 1 aromatic carbocycles. The first-order valence-corrected chi connectivity index (χ1v) is 7.43. The molecule has 3 rings (SSSR count). The Morgan fingerprint density at radius 2 is 2.05 bits per heavy atom. The molecule has 0 unspecified atom stereocenters. The van der Waals surface area contributed by atoms with Gasteiger partial charge in [0, 0.05) is 18.7 Å². The van der Waals surface area contributed by atoms with Gasteiger partial charge < -0.3 is 4.42 Å². The molecule has 1 saturated carbocycles. The van der Waals surface area contributed by atoms with E-state index in [1.54, 1.807) is 13.1 Å². The summed E-state index contributed by atoms with van der Waals surface area (Å²) in [7, 11) is -2.00. The van der Waals surface area contributed by atoms with Crippen molar-refractivity contribution in [1.29, 1.82) is 0 Å². The lowest BCUT2D eigenvalue weighted by molar-refractivity contribution is 0.526. The zero-order chi connectivity index (χ0) is 13.8. The lowest BCUT2D eigenvalue weighted by Gasteiger charge is -2.11. The number of aryl methyl sites for hydroxylation is 1. The molecule has 0 atom stereocenters. The number of sulfonamides is 1. The van der Waals surface area contributed by atoms with Gasteiger partial charge in [-0.2, -0.15) is 0 Å². The molecule has 19 heavy (non-hydrogen) atoms. The van der Waals surface area contributed by atoms with Crippen molar-refractivity contribution in [2.45, 2.75) is 30.2 Å². The van der Waals surface area contributed by atoms with Gasteiger partial charge in [0.25, 0.3) is 0 Å².